The van der Waals surface area contributed by atoms with Crippen LogP contribution in [0.25, 0.3) is 0 Å². The lowest BCUT2D eigenvalue weighted by molar-refractivity contribution is -0.140. The predicted octanol–water partition coefficient (Wildman–Crippen LogP) is 4.93. The Labute approximate surface area is 262 Å². The maximum Gasteiger partial charge on any atom is 0.244 e. The summed E-state index contributed by atoms with van der Waals surface area (Å²) in [5, 5.41) is 3.04. The van der Waals surface area contributed by atoms with Gasteiger partial charge in [-0.3, -0.25) is 13.9 Å². The topological polar surface area (TPSA) is 105 Å². The van der Waals surface area contributed by atoms with Crippen LogP contribution in [0.2, 0.25) is 0 Å². The largest absolute Gasteiger partial charge is 0.486 e. The highest BCUT2D eigenvalue weighted by Crippen LogP contribution is 2.35. The zero-order valence-corrected chi connectivity index (χ0v) is 27.1. The van der Waals surface area contributed by atoms with Gasteiger partial charge in [0.2, 0.25) is 21.8 Å². The van der Waals surface area contributed by atoms with Crippen molar-refractivity contribution in [2.75, 3.05) is 29.8 Å². The number of amides is 2. The summed E-state index contributed by atoms with van der Waals surface area (Å²) in [5.74, 6) is -0.107. The molecule has 0 radical (unpaired) electrons. The van der Waals surface area contributed by atoms with Gasteiger partial charge in [0.05, 0.1) is 11.4 Å². The molecule has 2 amide bonds. The molecule has 0 saturated carbocycles. The lowest BCUT2D eigenvalue weighted by Crippen LogP contribution is -2.54. The van der Waals surface area contributed by atoms with Crippen molar-refractivity contribution in [2.45, 2.75) is 52.2 Å². The Morgan fingerprint density at radius 1 is 0.930 bits per heavy atom. The van der Waals surface area contributed by atoms with Crippen LogP contribution >= 0.6 is 15.9 Å². The lowest BCUT2D eigenvalue weighted by Gasteiger charge is -2.34. The molecule has 1 aliphatic heterocycles. The van der Waals surface area contributed by atoms with Gasteiger partial charge >= 0.3 is 0 Å². The maximum atomic E-state index is 14.3. The van der Waals surface area contributed by atoms with E-state index >= 15 is 0 Å². The molecule has 0 fully saturated rings. The van der Waals surface area contributed by atoms with Gasteiger partial charge in [0.15, 0.2) is 11.5 Å². The number of anilines is 1. The third-order valence-corrected chi connectivity index (χ3v) is 9.54. The predicted molar refractivity (Wildman–Crippen MR) is 171 cm³/mol. The monoisotopic (exact) mass is 671 g/mol. The first-order chi connectivity index (χ1) is 20.6. The first-order valence-corrected chi connectivity index (χ1v) is 16.8. The van der Waals surface area contributed by atoms with Gasteiger partial charge in [-0.2, -0.15) is 0 Å². The Morgan fingerprint density at radius 3 is 2.30 bits per heavy atom. The Balaban J connectivity index is 1.75. The summed E-state index contributed by atoms with van der Waals surface area (Å²) in [6, 6.07) is 20.8. The van der Waals surface area contributed by atoms with Gasteiger partial charge in [-0.05, 0) is 55.7 Å². The van der Waals surface area contributed by atoms with E-state index in [2.05, 4.69) is 21.2 Å². The lowest BCUT2D eigenvalue weighted by atomic mass is 10.0. The minimum absolute atomic E-state index is 0.102. The third-order valence-electron chi connectivity index (χ3n) is 7.31. The summed E-state index contributed by atoms with van der Waals surface area (Å²) in [4.78, 5) is 29.6. The van der Waals surface area contributed by atoms with Gasteiger partial charge in [0, 0.05) is 29.5 Å². The summed E-state index contributed by atoms with van der Waals surface area (Å²) in [6.45, 7) is 5.76. The molecule has 1 heterocycles. The minimum atomic E-state index is -3.89. The number of sulfonamides is 1. The van der Waals surface area contributed by atoms with E-state index in [-0.39, 0.29) is 36.4 Å². The van der Waals surface area contributed by atoms with Crippen molar-refractivity contribution in [3.63, 3.8) is 0 Å². The van der Waals surface area contributed by atoms with E-state index < -0.39 is 28.5 Å². The summed E-state index contributed by atoms with van der Waals surface area (Å²) >= 11 is 3.49. The highest BCUT2D eigenvalue weighted by molar-refractivity contribution is 9.10. The molecule has 1 N–H and O–H groups in total. The van der Waals surface area contributed by atoms with Gasteiger partial charge < -0.3 is 19.7 Å². The zero-order chi connectivity index (χ0) is 31.0. The quantitative estimate of drug-likeness (QED) is 0.276. The maximum absolute atomic E-state index is 14.3. The first kappa shape index (κ1) is 32.3. The van der Waals surface area contributed by atoms with E-state index in [1.54, 1.807) is 18.2 Å². The van der Waals surface area contributed by atoms with E-state index in [1.165, 1.54) is 11.8 Å². The van der Waals surface area contributed by atoms with Crippen LogP contribution in [0.5, 0.6) is 11.5 Å². The zero-order valence-electron chi connectivity index (χ0n) is 24.7. The molecule has 0 saturated heterocycles. The van der Waals surface area contributed by atoms with E-state index in [9.17, 15) is 18.0 Å². The fraction of sp³-hybridized carbons (Fsp3) is 0.375. The van der Waals surface area contributed by atoms with Crippen molar-refractivity contribution < 1.29 is 27.5 Å². The van der Waals surface area contributed by atoms with Crippen molar-refractivity contribution in [1.82, 2.24) is 10.2 Å². The van der Waals surface area contributed by atoms with Crippen LogP contribution < -0.4 is 19.1 Å². The second-order valence-corrected chi connectivity index (χ2v) is 13.5. The number of carbonyl (C=O) groups is 2. The van der Waals surface area contributed by atoms with E-state index in [0.29, 0.717) is 24.7 Å². The third kappa shape index (κ3) is 8.51. The highest BCUT2D eigenvalue weighted by Gasteiger charge is 2.34. The molecule has 0 spiro atoms. The second kappa shape index (κ2) is 14.7. The standard InChI is InChI=1S/C32H38BrN3O6S/c1-4-23(3)34-32(38)28(19-24-10-7-6-8-11-24)35(21-25-12-9-13-26(33)18-25)31(37)22-36(43(39,40)5-2)27-14-15-29-30(20-27)42-17-16-41-29/h6-15,18,20,23,28H,4-5,16-17,19,21-22H2,1-3H3,(H,34,38)/t23-,28-/m0/s1. The minimum Gasteiger partial charge on any atom is -0.486 e. The number of halogens is 1. The van der Waals surface area contributed by atoms with Gasteiger partial charge in [-0.25, -0.2) is 8.42 Å². The van der Waals surface area contributed by atoms with Crippen molar-refractivity contribution in [2.24, 2.45) is 0 Å². The van der Waals surface area contributed by atoms with Gasteiger partial charge in [0.1, 0.15) is 25.8 Å². The molecule has 4 rings (SSSR count). The average Bonchev–Trinajstić information content (AvgIpc) is 3.01. The van der Waals surface area contributed by atoms with Crippen molar-refractivity contribution in [3.05, 3.63) is 88.4 Å². The molecule has 11 heteroatoms. The summed E-state index contributed by atoms with van der Waals surface area (Å²) in [5.41, 5.74) is 1.95. The molecular formula is C32H38BrN3O6S. The van der Waals surface area contributed by atoms with Crippen LogP contribution in [0, 0.1) is 0 Å². The van der Waals surface area contributed by atoms with Crippen LogP contribution in [0.4, 0.5) is 5.69 Å². The summed E-state index contributed by atoms with van der Waals surface area (Å²) < 4.78 is 40.0. The van der Waals surface area contributed by atoms with E-state index in [1.807, 2.05) is 68.4 Å². The van der Waals surface area contributed by atoms with Crippen molar-refractivity contribution in [1.29, 1.82) is 0 Å². The average molecular weight is 673 g/mol. The number of benzene rings is 3. The van der Waals surface area contributed by atoms with Crippen LogP contribution in [-0.4, -0.2) is 62.7 Å². The summed E-state index contributed by atoms with van der Waals surface area (Å²) in [6.07, 6.45) is 0.976. The fourth-order valence-electron chi connectivity index (χ4n) is 4.73. The number of carbonyl (C=O) groups excluding carboxylic acids is 2. The highest BCUT2D eigenvalue weighted by atomic mass is 79.9. The molecular weight excluding hydrogens is 634 g/mol. The number of fused-ring (bicyclic) bond motifs is 1. The van der Waals surface area contributed by atoms with E-state index in [4.69, 9.17) is 9.47 Å². The fourth-order valence-corrected chi connectivity index (χ4v) is 6.23. The van der Waals surface area contributed by atoms with Gasteiger partial charge in [-0.1, -0.05) is 65.3 Å². The number of hydrogen-bond acceptors (Lipinski definition) is 6. The van der Waals surface area contributed by atoms with Gasteiger partial charge in [-0.15, -0.1) is 0 Å². The second-order valence-electron chi connectivity index (χ2n) is 10.4. The summed E-state index contributed by atoms with van der Waals surface area (Å²) in [7, 11) is -3.89. The smallest absolute Gasteiger partial charge is 0.244 e. The van der Waals surface area contributed by atoms with Crippen LogP contribution in [0.1, 0.15) is 38.3 Å². The number of ether oxygens (including phenoxy) is 2. The molecule has 3 aromatic rings. The Morgan fingerprint density at radius 2 is 1.63 bits per heavy atom. The van der Waals surface area contributed by atoms with Crippen molar-refractivity contribution in [3.8, 4) is 11.5 Å². The molecule has 43 heavy (non-hydrogen) atoms. The normalized spacial score (nSPS) is 14.0. The van der Waals surface area contributed by atoms with Crippen LogP contribution in [-0.2, 0) is 32.6 Å². The SMILES string of the molecule is CC[C@H](C)NC(=O)[C@H](Cc1ccccc1)N(Cc1cccc(Br)c1)C(=O)CN(c1ccc2c(c1)OCCO2)S(=O)(=O)CC. The Bertz CT molecular complexity index is 1520. The molecule has 0 bridgehead atoms. The Kier molecular flexibility index (Phi) is 11.1. The number of rotatable bonds is 13. The number of nitrogens with zero attached hydrogens (tertiary/aromatic N) is 2. The molecule has 3 aromatic carbocycles. The molecule has 1 aliphatic rings. The molecule has 0 aromatic heterocycles. The van der Waals surface area contributed by atoms with Crippen molar-refractivity contribution >= 4 is 43.5 Å². The Hall–Kier alpha value is -3.57. The molecule has 0 unspecified atom stereocenters. The molecule has 0 aliphatic carbocycles. The first-order valence-electron chi connectivity index (χ1n) is 14.4. The van der Waals surface area contributed by atoms with E-state index in [0.717, 1.165) is 26.3 Å². The van der Waals surface area contributed by atoms with Crippen LogP contribution in [0.15, 0.2) is 77.3 Å². The van der Waals surface area contributed by atoms with Gasteiger partial charge in [0.25, 0.3) is 0 Å². The van der Waals surface area contributed by atoms with Crippen LogP contribution in [0.3, 0.4) is 0 Å². The number of nitrogens with one attached hydrogen (secondary N) is 1. The molecule has 2 atom stereocenters. The number of hydrogen-bond donors (Lipinski definition) is 1. The molecule has 9 nitrogen and oxygen atoms in total. The molecule has 230 valence electrons.